The SMILES string of the molecule is Cc1ccc(C(=O)CCN)c(Cl)c1O. The molecule has 0 aliphatic carbocycles. The minimum atomic E-state index is -0.146. The van der Waals surface area contributed by atoms with E-state index in [0.717, 1.165) is 0 Å². The van der Waals surface area contributed by atoms with Gasteiger partial charge in [0.05, 0.1) is 5.02 Å². The van der Waals surface area contributed by atoms with Crippen molar-refractivity contribution in [1.29, 1.82) is 0 Å². The van der Waals surface area contributed by atoms with Crippen LogP contribution in [0.5, 0.6) is 5.75 Å². The van der Waals surface area contributed by atoms with Gasteiger partial charge in [0, 0.05) is 12.0 Å². The van der Waals surface area contributed by atoms with Crippen LogP contribution in [-0.2, 0) is 0 Å². The number of halogens is 1. The molecule has 1 rings (SSSR count). The van der Waals surface area contributed by atoms with Gasteiger partial charge in [0.15, 0.2) is 5.78 Å². The van der Waals surface area contributed by atoms with Crippen LogP contribution in [0.3, 0.4) is 0 Å². The lowest BCUT2D eigenvalue weighted by molar-refractivity contribution is 0.0985. The van der Waals surface area contributed by atoms with Gasteiger partial charge in [-0.05, 0) is 25.1 Å². The molecule has 0 fully saturated rings. The highest BCUT2D eigenvalue weighted by Crippen LogP contribution is 2.30. The number of aryl methyl sites for hydroxylation is 1. The second kappa shape index (κ2) is 4.44. The topological polar surface area (TPSA) is 63.3 Å². The average molecular weight is 214 g/mol. The van der Waals surface area contributed by atoms with Crippen LogP contribution in [0.4, 0.5) is 0 Å². The molecule has 0 unspecified atom stereocenters. The van der Waals surface area contributed by atoms with E-state index in [4.69, 9.17) is 17.3 Å². The third-order valence-corrected chi connectivity index (χ3v) is 2.37. The number of phenols is 1. The summed E-state index contributed by atoms with van der Waals surface area (Å²) in [5, 5.41) is 9.60. The fourth-order valence-corrected chi connectivity index (χ4v) is 1.46. The first kappa shape index (κ1) is 11.0. The molecule has 0 atom stereocenters. The van der Waals surface area contributed by atoms with Crippen molar-refractivity contribution in [2.24, 2.45) is 5.73 Å². The molecule has 1 aromatic rings. The largest absolute Gasteiger partial charge is 0.506 e. The number of carbonyl (C=O) groups is 1. The Bertz CT molecular complexity index is 363. The molecule has 4 heteroatoms. The molecule has 0 aliphatic rings. The zero-order chi connectivity index (χ0) is 10.7. The molecule has 14 heavy (non-hydrogen) atoms. The molecule has 0 saturated heterocycles. The number of ketones is 1. The summed E-state index contributed by atoms with van der Waals surface area (Å²) in [6.45, 7) is 2.00. The smallest absolute Gasteiger partial charge is 0.165 e. The summed E-state index contributed by atoms with van der Waals surface area (Å²) in [4.78, 5) is 11.5. The van der Waals surface area contributed by atoms with E-state index in [9.17, 15) is 9.90 Å². The number of aromatic hydroxyl groups is 1. The lowest BCUT2D eigenvalue weighted by Crippen LogP contribution is -2.08. The van der Waals surface area contributed by atoms with Gasteiger partial charge in [-0.3, -0.25) is 4.79 Å². The number of benzene rings is 1. The Hall–Kier alpha value is -1.06. The Morgan fingerprint density at radius 2 is 2.21 bits per heavy atom. The summed E-state index contributed by atoms with van der Waals surface area (Å²) in [6, 6.07) is 3.26. The maximum atomic E-state index is 11.5. The standard InChI is InChI=1S/C10H12ClNO2/c1-6-2-3-7(8(13)4-5-12)9(11)10(6)14/h2-3,14H,4-5,12H2,1H3. The highest BCUT2D eigenvalue weighted by molar-refractivity contribution is 6.35. The van der Waals surface area contributed by atoms with Gasteiger partial charge in [0.2, 0.25) is 0 Å². The van der Waals surface area contributed by atoms with Gasteiger partial charge in [0.25, 0.3) is 0 Å². The van der Waals surface area contributed by atoms with Gasteiger partial charge in [-0.15, -0.1) is 0 Å². The normalized spacial score (nSPS) is 10.2. The first-order valence-electron chi connectivity index (χ1n) is 4.29. The molecule has 3 nitrogen and oxygen atoms in total. The number of hydrogen-bond donors (Lipinski definition) is 2. The molecule has 0 heterocycles. The second-order valence-corrected chi connectivity index (χ2v) is 3.43. The molecule has 0 amide bonds. The van der Waals surface area contributed by atoms with Crippen molar-refractivity contribution in [1.82, 2.24) is 0 Å². The van der Waals surface area contributed by atoms with E-state index in [2.05, 4.69) is 0 Å². The van der Waals surface area contributed by atoms with Crippen LogP contribution in [0.25, 0.3) is 0 Å². The van der Waals surface area contributed by atoms with E-state index in [1.807, 2.05) is 0 Å². The molecule has 3 N–H and O–H groups in total. The molecular formula is C10H12ClNO2. The first-order valence-corrected chi connectivity index (χ1v) is 4.67. The van der Waals surface area contributed by atoms with E-state index in [0.29, 0.717) is 11.1 Å². The molecule has 0 saturated carbocycles. The molecule has 1 aromatic carbocycles. The molecule has 0 aliphatic heterocycles. The fourth-order valence-electron chi connectivity index (χ4n) is 1.14. The summed E-state index contributed by atoms with van der Waals surface area (Å²) in [7, 11) is 0. The highest BCUT2D eigenvalue weighted by Gasteiger charge is 2.13. The Morgan fingerprint density at radius 1 is 1.57 bits per heavy atom. The number of phenolic OH excluding ortho intramolecular Hbond substituents is 1. The predicted octanol–water partition coefficient (Wildman–Crippen LogP) is 1.89. The lowest BCUT2D eigenvalue weighted by atomic mass is 10.1. The minimum absolute atomic E-state index is 0.0328. The fraction of sp³-hybridized carbons (Fsp3) is 0.300. The minimum Gasteiger partial charge on any atom is -0.506 e. The zero-order valence-electron chi connectivity index (χ0n) is 7.88. The summed E-state index contributed by atoms with van der Waals surface area (Å²) < 4.78 is 0. The third kappa shape index (κ3) is 2.05. The van der Waals surface area contributed by atoms with Gasteiger partial charge >= 0.3 is 0 Å². The summed E-state index contributed by atoms with van der Waals surface area (Å²) in [5.74, 6) is -0.178. The molecule has 0 aromatic heterocycles. The van der Waals surface area contributed by atoms with Crippen molar-refractivity contribution in [3.05, 3.63) is 28.3 Å². The van der Waals surface area contributed by atoms with Gasteiger partial charge in [0.1, 0.15) is 5.75 Å². The monoisotopic (exact) mass is 213 g/mol. The molecule has 0 spiro atoms. The lowest BCUT2D eigenvalue weighted by Gasteiger charge is -2.06. The molecular weight excluding hydrogens is 202 g/mol. The van der Waals surface area contributed by atoms with Crippen LogP contribution in [0, 0.1) is 6.92 Å². The van der Waals surface area contributed by atoms with Crippen molar-refractivity contribution in [3.63, 3.8) is 0 Å². The average Bonchev–Trinajstić information content (AvgIpc) is 2.15. The number of Topliss-reactive ketones (excluding diaryl/α,β-unsaturated/α-hetero) is 1. The Morgan fingerprint density at radius 3 is 2.79 bits per heavy atom. The summed E-state index contributed by atoms with van der Waals surface area (Å²) in [6.07, 6.45) is 0.238. The van der Waals surface area contributed by atoms with E-state index >= 15 is 0 Å². The van der Waals surface area contributed by atoms with Crippen LogP contribution < -0.4 is 5.73 Å². The Balaban J connectivity index is 3.11. The van der Waals surface area contributed by atoms with E-state index < -0.39 is 0 Å². The van der Waals surface area contributed by atoms with Crippen molar-refractivity contribution in [2.75, 3.05) is 6.54 Å². The van der Waals surface area contributed by atoms with Crippen molar-refractivity contribution in [3.8, 4) is 5.75 Å². The van der Waals surface area contributed by atoms with Crippen LogP contribution in [0.1, 0.15) is 22.3 Å². The van der Waals surface area contributed by atoms with Crippen molar-refractivity contribution < 1.29 is 9.90 Å². The number of carbonyl (C=O) groups excluding carboxylic acids is 1. The second-order valence-electron chi connectivity index (χ2n) is 3.05. The van der Waals surface area contributed by atoms with Gasteiger partial charge in [-0.1, -0.05) is 17.7 Å². The number of nitrogens with two attached hydrogens (primary N) is 1. The van der Waals surface area contributed by atoms with Crippen molar-refractivity contribution >= 4 is 17.4 Å². The Labute approximate surface area is 87.5 Å². The number of rotatable bonds is 3. The third-order valence-electron chi connectivity index (χ3n) is 1.99. The van der Waals surface area contributed by atoms with Gasteiger partial charge in [-0.2, -0.15) is 0 Å². The maximum Gasteiger partial charge on any atom is 0.165 e. The van der Waals surface area contributed by atoms with Crippen LogP contribution in [0.2, 0.25) is 5.02 Å². The molecule has 0 radical (unpaired) electrons. The summed E-state index contributed by atoms with van der Waals surface area (Å²) in [5.41, 5.74) is 6.24. The molecule has 0 bridgehead atoms. The zero-order valence-corrected chi connectivity index (χ0v) is 8.64. The van der Waals surface area contributed by atoms with Crippen LogP contribution in [-0.4, -0.2) is 17.4 Å². The van der Waals surface area contributed by atoms with Gasteiger partial charge in [-0.25, -0.2) is 0 Å². The van der Waals surface area contributed by atoms with E-state index in [1.165, 1.54) is 0 Å². The summed E-state index contributed by atoms with van der Waals surface area (Å²) >= 11 is 5.82. The van der Waals surface area contributed by atoms with Crippen molar-refractivity contribution in [2.45, 2.75) is 13.3 Å². The first-order chi connectivity index (χ1) is 6.57. The maximum absolute atomic E-state index is 11.5. The van der Waals surface area contributed by atoms with Crippen LogP contribution >= 0.6 is 11.6 Å². The number of hydrogen-bond acceptors (Lipinski definition) is 3. The van der Waals surface area contributed by atoms with Crippen LogP contribution in [0.15, 0.2) is 12.1 Å². The van der Waals surface area contributed by atoms with E-state index in [-0.39, 0.29) is 29.5 Å². The van der Waals surface area contributed by atoms with E-state index in [1.54, 1.807) is 19.1 Å². The highest BCUT2D eigenvalue weighted by atomic mass is 35.5. The quantitative estimate of drug-likeness (QED) is 0.754. The Kier molecular flexibility index (Phi) is 3.49. The molecule has 76 valence electrons. The van der Waals surface area contributed by atoms with Gasteiger partial charge < -0.3 is 10.8 Å². The predicted molar refractivity (Wildman–Crippen MR) is 55.9 cm³/mol.